The highest BCUT2D eigenvalue weighted by molar-refractivity contribution is 9.10. The topological polar surface area (TPSA) is 35.5 Å². The highest BCUT2D eigenvalue weighted by atomic mass is 79.9. The maximum absolute atomic E-state index is 11.6. The standard InChI is InChI=1S/C11H11BrO3/c12-9-3-1-8(2-4-9)11(13)7-15-10-5-14-6-10/h1-4,10H,5-7H2. The smallest absolute Gasteiger partial charge is 0.188 e. The monoisotopic (exact) mass is 270 g/mol. The fourth-order valence-corrected chi connectivity index (χ4v) is 1.49. The maximum atomic E-state index is 11.6. The summed E-state index contributed by atoms with van der Waals surface area (Å²) in [6.45, 7) is 1.34. The molecule has 4 heteroatoms. The molecule has 0 aliphatic carbocycles. The molecule has 1 aromatic rings. The Morgan fingerprint density at radius 3 is 2.60 bits per heavy atom. The van der Waals surface area contributed by atoms with Gasteiger partial charge in [-0.25, -0.2) is 0 Å². The minimum atomic E-state index is 0.00870. The summed E-state index contributed by atoms with van der Waals surface area (Å²) in [5, 5.41) is 0. The van der Waals surface area contributed by atoms with Gasteiger partial charge in [0.15, 0.2) is 5.78 Å². The zero-order valence-corrected chi connectivity index (χ0v) is 9.70. The Hall–Kier alpha value is -0.710. The summed E-state index contributed by atoms with van der Waals surface area (Å²) in [4.78, 5) is 11.6. The number of Topliss-reactive ketones (excluding diaryl/α,β-unsaturated/α-hetero) is 1. The third-order valence-corrected chi connectivity index (χ3v) is 2.75. The van der Waals surface area contributed by atoms with E-state index in [0.717, 1.165) is 4.47 Å². The van der Waals surface area contributed by atoms with E-state index < -0.39 is 0 Å². The van der Waals surface area contributed by atoms with Gasteiger partial charge in [-0.3, -0.25) is 4.79 Å². The predicted molar refractivity (Wildman–Crippen MR) is 59.0 cm³/mol. The van der Waals surface area contributed by atoms with Crippen molar-refractivity contribution in [3.05, 3.63) is 34.3 Å². The van der Waals surface area contributed by atoms with Gasteiger partial charge in [0.1, 0.15) is 12.7 Å². The van der Waals surface area contributed by atoms with E-state index in [1.807, 2.05) is 12.1 Å². The minimum absolute atomic E-state index is 0.00870. The molecule has 0 amide bonds. The van der Waals surface area contributed by atoms with Crippen LogP contribution in [0.3, 0.4) is 0 Å². The normalized spacial score (nSPS) is 16.1. The van der Waals surface area contributed by atoms with E-state index in [2.05, 4.69) is 15.9 Å². The number of ketones is 1. The number of carbonyl (C=O) groups excluding carboxylic acids is 1. The first-order valence-corrected chi connectivity index (χ1v) is 5.53. The van der Waals surface area contributed by atoms with Gasteiger partial charge >= 0.3 is 0 Å². The molecule has 1 aliphatic rings. The molecule has 0 atom stereocenters. The second-order valence-corrected chi connectivity index (χ2v) is 4.32. The van der Waals surface area contributed by atoms with Crippen molar-refractivity contribution in [1.29, 1.82) is 0 Å². The molecule has 0 unspecified atom stereocenters. The van der Waals surface area contributed by atoms with E-state index in [1.54, 1.807) is 12.1 Å². The Bertz CT molecular complexity index is 343. The molecule has 0 bridgehead atoms. The average Bonchev–Trinajstić information content (AvgIpc) is 2.16. The van der Waals surface area contributed by atoms with Crippen molar-refractivity contribution in [2.45, 2.75) is 6.10 Å². The minimum Gasteiger partial charge on any atom is -0.376 e. The van der Waals surface area contributed by atoms with E-state index in [4.69, 9.17) is 9.47 Å². The SMILES string of the molecule is O=C(COC1COC1)c1ccc(Br)cc1. The molecule has 1 heterocycles. The lowest BCUT2D eigenvalue weighted by atomic mass is 10.1. The van der Waals surface area contributed by atoms with Crippen LogP contribution in [0.25, 0.3) is 0 Å². The first-order valence-electron chi connectivity index (χ1n) is 4.74. The zero-order valence-electron chi connectivity index (χ0n) is 8.11. The fourth-order valence-electron chi connectivity index (χ4n) is 1.22. The van der Waals surface area contributed by atoms with Gasteiger partial charge in [0.2, 0.25) is 0 Å². The number of carbonyl (C=O) groups is 1. The van der Waals surface area contributed by atoms with Crippen molar-refractivity contribution in [1.82, 2.24) is 0 Å². The lowest BCUT2D eigenvalue weighted by Crippen LogP contribution is -2.37. The van der Waals surface area contributed by atoms with Gasteiger partial charge in [-0.05, 0) is 12.1 Å². The molecule has 15 heavy (non-hydrogen) atoms. The summed E-state index contributed by atoms with van der Waals surface area (Å²) in [5.41, 5.74) is 0.679. The summed E-state index contributed by atoms with van der Waals surface area (Å²) >= 11 is 3.32. The van der Waals surface area contributed by atoms with Crippen molar-refractivity contribution in [2.75, 3.05) is 19.8 Å². The number of benzene rings is 1. The molecular weight excluding hydrogens is 260 g/mol. The van der Waals surface area contributed by atoms with Crippen LogP contribution in [0.15, 0.2) is 28.7 Å². The Kier molecular flexibility index (Phi) is 3.51. The van der Waals surface area contributed by atoms with Gasteiger partial charge in [0.05, 0.1) is 13.2 Å². The van der Waals surface area contributed by atoms with Crippen LogP contribution >= 0.6 is 15.9 Å². The number of ether oxygens (including phenoxy) is 2. The van der Waals surface area contributed by atoms with Crippen LogP contribution in [0, 0.1) is 0 Å². The molecule has 80 valence electrons. The lowest BCUT2D eigenvalue weighted by molar-refractivity contribution is -0.123. The van der Waals surface area contributed by atoms with Crippen LogP contribution < -0.4 is 0 Å². The molecule has 0 aromatic heterocycles. The van der Waals surface area contributed by atoms with Gasteiger partial charge in [-0.15, -0.1) is 0 Å². The summed E-state index contributed by atoms with van der Waals surface area (Å²) in [5.74, 6) is 0.00870. The lowest BCUT2D eigenvalue weighted by Gasteiger charge is -2.25. The van der Waals surface area contributed by atoms with Crippen LogP contribution in [0.2, 0.25) is 0 Å². The van der Waals surface area contributed by atoms with Gasteiger partial charge < -0.3 is 9.47 Å². The number of hydrogen-bond acceptors (Lipinski definition) is 3. The van der Waals surface area contributed by atoms with Crippen molar-refractivity contribution in [2.24, 2.45) is 0 Å². The first kappa shape index (κ1) is 10.8. The Morgan fingerprint density at radius 2 is 2.07 bits per heavy atom. The molecular formula is C11H11BrO3. The van der Waals surface area contributed by atoms with Gasteiger partial charge in [0.25, 0.3) is 0 Å². The Labute approximate surface area is 96.5 Å². The molecule has 1 fully saturated rings. The van der Waals surface area contributed by atoms with Crippen LogP contribution in [-0.4, -0.2) is 31.7 Å². The highest BCUT2D eigenvalue weighted by Crippen LogP contribution is 2.12. The fraction of sp³-hybridized carbons (Fsp3) is 0.364. The average molecular weight is 271 g/mol. The molecule has 2 rings (SSSR count). The van der Waals surface area contributed by atoms with Crippen LogP contribution in [0.4, 0.5) is 0 Å². The van der Waals surface area contributed by atoms with Crippen molar-refractivity contribution < 1.29 is 14.3 Å². The molecule has 1 saturated heterocycles. The Morgan fingerprint density at radius 1 is 1.40 bits per heavy atom. The van der Waals surface area contributed by atoms with E-state index in [1.165, 1.54) is 0 Å². The molecule has 0 spiro atoms. The summed E-state index contributed by atoms with van der Waals surface area (Å²) < 4.78 is 11.2. The second-order valence-electron chi connectivity index (χ2n) is 3.40. The van der Waals surface area contributed by atoms with Crippen LogP contribution in [0.5, 0.6) is 0 Å². The summed E-state index contributed by atoms with van der Waals surface area (Å²) in [6, 6.07) is 7.26. The zero-order chi connectivity index (χ0) is 10.7. The molecule has 0 N–H and O–H groups in total. The molecule has 0 radical (unpaired) electrons. The van der Waals surface area contributed by atoms with Crippen LogP contribution in [0.1, 0.15) is 10.4 Å². The second kappa shape index (κ2) is 4.88. The highest BCUT2D eigenvalue weighted by Gasteiger charge is 2.20. The van der Waals surface area contributed by atoms with Gasteiger partial charge in [-0.2, -0.15) is 0 Å². The molecule has 3 nitrogen and oxygen atoms in total. The maximum Gasteiger partial charge on any atom is 0.188 e. The Balaban J connectivity index is 1.86. The largest absolute Gasteiger partial charge is 0.376 e. The van der Waals surface area contributed by atoms with Crippen molar-refractivity contribution in [3.8, 4) is 0 Å². The predicted octanol–water partition coefficient (Wildman–Crippen LogP) is 2.05. The van der Waals surface area contributed by atoms with E-state index in [0.29, 0.717) is 18.8 Å². The van der Waals surface area contributed by atoms with E-state index in [9.17, 15) is 4.79 Å². The molecule has 1 aliphatic heterocycles. The number of hydrogen-bond donors (Lipinski definition) is 0. The van der Waals surface area contributed by atoms with Gasteiger partial charge in [0, 0.05) is 10.0 Å². The van der Waals surface area contributed by atoms with E-state index >= 15 is 0 Å². The summed E-state index contributed by atoms with van der Waals surface area (Å²) in [6.07, 6.45) is 0.101. The van der Waals surface area contributed by atoms with Crippen molar-refractivity contribution in [3.63, 3.8) is 0 Å². The van der Waals surface area contributed by atoms with E-state index in [-0.39, 0.29) is 18.5 Å². The first-order chi connectivity index (χ1) is 7.25. The summed E-state index contributed by atoms with van der Waals surface area (Å²) in [7, 11) is 0. The third kappa shape index (κ3) is 2.87. The van der Waals surface area contributed by atoms with Crippen LogP contribution in [-0.2, 0) is 9.47 Å². The van der Waals surface area contributed by atoms with Crippen molar-refractivity contribution >= 4 is 21.7 Å². The molecule has 0 saturated carbocycles. The quantitative estimate of drug-likeness (QED) is 0.786. The molecule has 1 aromatic carbocycles. The number of halogens is 1. The third-order valence-electron chi connectivity index (χ3n) is 2.22. The number of rotatable bonds is 4. The van der Waals surface area contributed by atoms with Gasteiger partial charge in [-0.1, -0.05) is 28.1 Å².